The first-order valence-electron chi connectivity index (χ1n) is 25.1. The molecule has 0 saturated carbocycles. The van der Waals surface area contributed by atoms with Crippen molar-refractivity contribution in [1.29, 1.82) is 10.5 Å². The summed E-state index contributed by atoms with van der Waals surface area (Å²) < 4.78 is 13.5. The zero-order chi connectivity index (χ0) is 50.9. The Hall–Kier alpha value is -9.36. The number of furan rings is 2. The molecule has 0 unspecified atom stereocenters. The molecule has 6 heteroatoms. The molecular formula is C68H52N4O2. The van der Waals surface area contributed by atoms with Crippen molar-refractivity contribution in [2.45, 2.75) is 52.4 Å². The van der Waals surface area contributed by atoms with Gasteiger partial charge in [0.25, 0.3) is 0 Å². The summed E-state index contributed by atoms with van der Waals surface area (Å²) in [7, 11) is 0. The Morgan fingerprint density at radius 2 is 0.676 bits per heavy atom. The van der Waals surface area contributed by atoms with Crippen molar-refractivity contribution in [1.82, 2.24) is 0 Å². The van der Waals surface area contributed by atoms with Crippen molar-refractivity contribution >= 4 is 88.8 Å². The van der Waals surface area contributed by atoms with Gasteiger partial charge in [-0.2, -0.15) is 10.5 Å². The molecule has 0 radical (unpaired) electrons. The Bertz CT molecular complexity index is 3910. The molecule has 0 fully saturated rings. The van der Waals surface area contributed by atoms with E-state index in [9.17, 15) is 10.5 Å². The van der Waals surface area contributed by atoms with Crippen molar-refractivity contribution in [2.75, 3.05) is 9.80 Å². The second-order valence-electron chi connectivity index (χ2n) is 21.2. The van der Waals surface area contributed by atoms with Gasteiger partial charge < -0.3 is 18.6 Å². The van der Waals surface area contributed by atoms with Crippen LogP contribution < -0.4 is 9.80 Å². The molecule has 356 valence electrons. The third kappa shape index (κ3) is 7.99. The van der Waals surface area contributed by atoms with E-state index in [4.69, 9.17) is 8.83 Å². The lowest BCUT2D eigenvalue weighted by Gasteiger charge is -2.27. The Labute approximate surface area is 431 Å². The van der Waals surface area contributed by atoms with Crippen LogP contribution in [0.3, 0.4) is 0 Å². The molecule has 74 heavy (non-hydrogen) atoms. The molecule has 6 nitrogen and oxygen atoms in total. The zero-order valence-electron chi connectivity index (χ0n) is 42.2. The minimum Gasteiger partial charge on any atom is -0.455 e. The van der Waals surface area contributed by atoms with E-state index in [0.717, 1.165) is 88.7 Å². The lowest BCUT2D eigenvalue weighted by atomic mass is 9.87. The number of hydrogen-bond donors (Lipinski definition) is 0. The van der Waals surface area contributed by atoms with E-state index in [0.29, 0.717) is 33.5 Å². The highest BCUT2D eigenvalue weighted by atomic mass is 16.3. The summed E-state index contributed by atoms with van der Waals surface area (Å²) in [5, 5.41) is 27.5. The summed E-state index contributed by atoms with van der Waals surface area (Å²) in [4.78, 5) is 4.29. The number of hydrogen-bond acceptors (Lipinski definition) is 6. The van der Waals surface area contributed by atoms with Gasteiger partial charge in [0.1, 0.15) is 34.4 Å². The molecular weight excluding hydrogens is 905 g/mol. The van der Waals surface area contributed by atoms with Crippen LogP contribution in [0.25, 0.3) is 76.9 Å². The molecule has 0 aliphatic heterocycles. The Balaban J connectivity index is 0.964. The maximum Gasteiger partial charge on any atom is 0.155 e. The van der Waals surface area contributed by atoms with Crippen LogP contribution in [0.2, 0.25) is 0 Å². The van der Waals surface area contributed by atoms with Crippen LogP contribution in [-0.4, -0.2) is 0 Å². The summed E-state index contributed by atoms with van der Waals surface area (Å²) in [5.41, 5.74) is 15.3. The Kier molecular flexibility index (Phi) is 11.0. The topological polar surface area (TPSA) is 80.3 Å². The molecule has 0 aliphatic carbocycles. The van der Waals surface area contributed by atoms with Crippen LogP contribution in [0.5, 0.6) is 0 Å². The van der Waals surface area contributed by atoms with Crippen molar-refractivity contribution < 1.29 is 8.83 Å². The summed E-state index contributed by atoms with van der Waals surface area (Å²) in [6.07, 6.45) is 0. The van der Waals surface area contributed by atoms with E-state index >= 15 is 0 Å². The van der Waals surface area contributed by atoms with Crippen LogP contribution in [0.15, 0.2) is 215 Å². The van der Waals surface area contributed by atoms with Crippen LogP contribution in [-0.2, 0) is 10.8 Å². The molecule has 0 saturated heterocycles. The van der Waals surface area contributed by atoms with E-state index in [1.165, 1.54) is 11.1 Å². The molecule has 12 aromatic rings. The molecule has 0 bridgehead atoms. The number of benzene rings is 10. The average molecular weight is 957 g/mol. The van der Waals surface area contributed by atoms with Crippen LogP contribution in [0.1, 0.15) is 63.8 Å². The van der Waals surface area contributed by atoms with Gasteiger partial charge in [0, 0.05) is 44.3 Å². The summed E-state index contributed by atoms with van der Waals surface area (Å²) >= 11 is 0. The monoisotopic (exact) mass is 956 g/mol. The summed E-state index contributed by atoms with van der Waals surface area (Å²) in [6, 6.07) is 76.6. The molecule has 2 aromatic heterocycles. The minimum atomic E-state index is -0.0210. The third-order valence-corrected chi connectivity index (χ3v) is 14.5. The second-order valence-corrected chi connectivity index (χ2v) is 21.2. The van der Waals surface area contributed by atoms with Crippen LogP contribution in [0.4, 0.5) is 34.1 Å². The standard InChI is InChI=1S/C68H52N4O2/c1-67(2,3)49-21-29-53(30-22-49)71(51-25-17-45(18-26-51)43-13-9-7-10-14-43)61-35-33-55-57-37-47-38-58-56-34-36-62(60(42-70)66(56)74-64(58)40-48(47)39-63(57)73-65(55)59(61)41-69)72(54-31-23-50(24-32-54)68(4,5)6)52-27-19-46(20-28-52)44-15-11-8-12-16-44/h7-40H,1-6H3. The average Bonchev–Trinajstić information content (AvgIpc) is 3.98. The predicted octanol–water partition coefficient (Wildman–Crippen LogP) is 19.3. The summed E-state index contributed by atoms with van der Waals surface area (Å²) in [5.74, 6) is 0. The highest BCUT2D eigenvalue weighted by molar-refractivity contribution is 6.17. The van der Waals surface area contributed by atoms with Gasteiger partial charge in [-0.25, -0.2) is 0 Å². The molecule has 0 spiro atoms. The number of fused-ring (bicyclic) bond motifs is 7. The SMILES string of the molecule is CC(C)(C)c1ccc(N(c2ccc(-c3ccccc3)cc2)c2ccc3c(oc4cc5cc6oc7c(C#N)c(N(c8ccc(-c9ccccc9)cc8)c8ccc(C(C)(C)C)cc8)ccc7c6cc5cc43)c2C#N)cc1. The molecule has 10 aromatic carbocycles. The van der Waals surface area contributed by atoms with Gasteiger partial charge in [0.2, 0.25) is 0 Å². The van der Waals surface area contributed by atoms with Gasteiger partial charge in [0.05, 0.1) is 11.4 Å². The normalized spacial score (nSPS) is 11.9. The Morgan fingerprint density at radius 3 is 1.01 bits per heavy atom. The maximum atomic E-state index is 11.1. The largest absolute Gasteiger partial charge is 0.455 e. The number of rotatable bonds is 8. The first kappa shape index (κ1) is 45.8. The molecule has 12 rings (SSSR count). The fraction of sp³-hybridized carbons (Fsp3) is 0.118. The molecule has 0 atom stereocenters. The first-order valence-corrected chi connectivity index (χ1v) is 25.1. The van der Waals surface area contributed by atoms with Crippen LogP contribution in [0, 0.1) is 22.7 Å². The van der Waals surface area contributed by atoms with Gasteiger partial charge in [-0.1, -0.05) is 151 Å². The molecule has 0 aliphatic rings. The predicted molar refractivity (Wildman–Crippen MR) is 306 cm³/mol. The van der Waals surface area contributed by atoms with E-state index in [2.05, 4.69) is 209 Å². The van der Waals surface area contributed by atoms with Gasteiger partial charge in [0.15, 0.2) is 11.2 Å². The summed E-state index contributed by atoms with van der Waals surface area (Å²) in [6.45, 7) is 13.3. The van der Waals surface area contributed by atoms with Crippen molar-refractivity contribution in [3.63, 3.8) is 0 Å². The molecule has 0 N–H and O–H groups in total. The Morgan fingerprint density at radius 1 is 0.351 bits per heavy atom. The highest BCUT2D eigenvalue weighted by Crippen LogP contribution is 2.46. The van der Waals surface area contributed by atoms with Crippen molar-refractivity contribution in [2.24, 2.45) is 0 Å². The zero-order valence-corrected chi connectivity index (χ0v) is 42.2. The van der Waals surface area contributed by atoms with Crippen molar-refractivity contribution in [3.8, 4) is 34.4 Å². The lowest BCUT2D eigenvalue weighted by Crippen LogP contribution is -2.14. The van der Waals surface area contributed by atoms with Gasteiger partial charge in [-0.05, 0) is 152 Å². The lowest BCUT2D eigenvalue weighted by molar-refractivity contribution is 0.590. The smallest absolute Gasteiger partial charge is 0.155 e. The van der Waals surface area contributed by atoms with E-state index in [-0.39, 0.29) is 10.8 Å². The second kappa shape index (κ2) is 17.7. The maximum absolute atomic E-state index is 11.1. The van der Waals surface area contributed by atoms with E-state index in [1.54, 1.807) is 0 Å². The number of anilines is 6. The van der Waals surface area contributed by atoms with Crippen molar-refractivity contribution in [3.05, 3.63) is 229 Å². The van der Waals surface area contributed by atoms with E-state index in [1.807, 2.05) is 60.7 Å². The molecule has 2 heterocycles. The number of nitriles is 2. The fourth-order valence-electron chi connectivity index (χ4n) is 10.4. The third-order valence-electron chi connectivity index (χ3n) is 14.5. The number of nitrogens with zero attached hydrogens (tertiary/aromatic N) is 4. The van der Waals surface area contributed by atoms with Gasteiger partial charge in [-0.15, -0.1) is 0 Å². The highest BCUT2D eigenvalue weighted by Gasteiger charge is 2.26. The minimum absolute atomic E-state index is 0.0210. The van der Waals surface area contributed by atoms with Crippen LogP contribution >= 0.6 is 0 Å². The van der Waals surface area contributed by atoms with Gasteiger partial charge >= 0.3 is 0 Å². The quantitative estimate of drug-likeness (QED) is 0.151. The molecule has 0 amide bonds. The van der Waals surface area contributed by atoms with Gasteiger partial charge in [-0.3, -0.25) is 0 Å². The first-order chi connectivity index (χ1) is 35.8. The van der Waals surface area contributed by atoms with E-state index < -0.39 is 0 Å². The fourth-order valence-corrected chi connectivity index (χ4v) is 10.4.